The van der Waals surface area contributed by atoms with Crippen LogP contribution >= 0.6 is 0 Å². The molecule has 0 aliphatic carbocycles. The summed E-state index contributed by atoms with van der Waals surface area (Å²) in [5, 5.41) is 9.36. The number of carbonyl (C=O) groups excluding carboxylic acids is 1. The number of carboxylic acid groups (broad SMARTS) is 1. The average Bonchev–Trinajstić information content (AvgIpc) is 2.90. The number of pyridine rings is 2. The summed E-state index contributed by atoms with van der Waals surface area (Å²) in [6.45, 7) is 15.4. The van der Waals surface area contributed by atoms with E-state index in [-0.39, 0.29) is 33.8 Å². The van der Waals surface area contributed by atoms with Crippen LogP contribution in [0.1, 0.15) is 84.7 Å². The minimum atomic E-state index is -4.07. The molecule has 0 saturated carbocycles. The minimum absolute atomic E-state index is 0.0143. The van der Waals surface area contributed by atoms with Crippen LogP contribution in [0.3, 0.4) is 0 Å². The predicted molar refractivity (Wildman–Crippen MR) is 170 cm³/mol. The summed E-state index contributed by atoms with van der Waals surface area (Å²) in [6.07, 6.45) is 1.72. The molecule has 3 rings (SSSR count). The van der Waals surface area contributed by atoms with E-state index in [0.29, 0.717) is 0 Å². The molecule has 1 amide bonds. The van der Waals surface area contributed by atoms with Crippen molar-refractivity contribution in [1.29, 1.82) is 0 Å². The molecular formula is C33H44N4O6S. The molecule has 2 N–H and O–H groups in total. The van der Waals surface area contributed by atoms with Crippen LogP contribution in [0.15, 0.2) is 71.9 Å². The zero-order valence-corrected chi connectivity index (χ0v) is 27.6. The molecule has 0 spiro atoms. The van der Waals surface area contributed by atoms with Gasteiger partial charge in [-0.15, -0.1) is 0 Å². The average molecular weight is 625 g/mol. The second kappa shape index (κ2) is 13.4. The second-order valence-electron chi connectivity index (χ2n) is 13.7. The molecule has 1 aromatic carbocycles. The summed E-state index contributed by atoms with van der Waals surface area (Å²) >= 11 is 0. The van der Waals surface area contributed by atoms with E-state index in [1.165, 1.54) is 23.9 Å². The highest BCUT2D eigenvalue weighted by atomic mass is 32.2. The van der Waals surface area contributed by atoms with Gasteiger partial charge in [-0.05, 0) is 79.8 Å². The molecule has 11 heteroatoms. The van der Waals surface area contributed by atoms with Crippen LogP contribution < -0.4 is 9.62 Å². The fourth-order valence-corrected chi connectivity index (χ4v) is 6.35. The standard InChI is InChI=1S/C33H44N4O6S/c1-31(2,3)22-33(7,8)24-17-15-23(16-18-24)20-26(36-44(41,42)28-14-9-10-19-34-28)25-12-11-13-27(35-25)37(21-29(38)39)30(40)43-32(4,5)6/h9-19,26,36H,20-22H2,1-8H3,(H,38,39). The van der Waals surface area contributed by atoms with Crippen LogP contribution in [0.4, 0.5) is 10.6 Å². The third-order valence-corrected chi connectivity index (χ3v) is 8.04. The number of nitrogens with zero attached hydrogens (tertiary/aromatic N) is 3. The summed E-state index contributed by atoms with van der Waals surface area (Å²) in [5.41, 5.74) is 1.51. The highest BCUT2D eigenvalue weighted by Crippen LogP contribution is 2.36. The van der Waals surface area contributed by atoms with Gasteiger partial charge in [-0.2, -0.15) is 0 Å². The number of hydrogen-bond acceptors (Lipinski definition) is 7. The van der Waals surface area contributed by atoms with Crippen molar-refractivity contribution >= 4 is 27.9 Å². The Hall–Kier alpha value is -3.83. The zero-order valence-electron chi connectivity index (χ0n) is 26.8. The first-order valence-corrected chi connectivity index (χ1v) is 16.0. The van der Waals surface area contributed by atoms with E-state index >= 15 is 0 Å². The molecule has 1 atom stereocenters. The van der Waals surface area contributed by atoms with Gasteiger partial charge in [-0.25, -0.2) is 27.9 Å². The molecule has 10 nitrogen and oxygen atoms in total. The van der Waals surface area contributed by atoms with Crippen LogP contribution in [-0.4, -0.2) is 47.7 Å². The Morgan fingerprint density at radius 1 is 0.932 bits per heavy atom. The SMILES string of the molecule is CC(C)(C)CC(C)(C)c1ccc(CC(NS(=O)(=O)c2ccccn2)c2cccc(N(CC(=O)O)C(=O)OC(C)(C)C)n2)cc1. The lowest BCUT2D eigenvalue weighted by atomic mass is 9.72. The van der Waals surface area contributed by atoms with Gasteiger partial charge in [-0.3, -0.25) is 9.69 Å². The molecule has 2 aromatic heterocycles. The molecule has 44 heavy (non-hydrogen) atoms. The molecule has 238 valence electrons. The van der Waals surface area contributed by atoms with Gasteiger partial charge in [0.2, 0.25) is 0 Å². The molecular weight excluding hydrogens is 580 g/mol. The number of amides is 1. The molecule has 1 unspecified atom stereocenters. The highest BCUT2D eigenvalue weighted by molar-refractivity contribution is 7.89. The number of carbonyl (C=O) groups is 2. The Labute approximate surface area is 260 Å². The van der Waals surface area contributed by atoms with Crippen molar-refractivity contribution in [2.24, 2.45) is 5.41 Å². The van der Waals surface area contributed by atoms with E-state index in [4.69, 9.17) is 4.74 Å². The van der Waals surface area contributed by atoms with E-state index in [9.17, 15) is 23.1 Å². The topological polar surface area (TPSA) is 139 Å². The van der Waals surface area contributed by atoms with E-state index in [1.807, 2.05) is 12.1 Å². The first-order chi connectivity index (χ1) is 20.3. The molecule has 0 aliphatic heterocycles. The summed E-state index contributed by atoms with van der Waals surface area (Å²) in [5.74, 6) is -1.24. The van der Waals surface area contributed by atoms with Gasteiger partial charge in [-0.1, -0.05) is 71.0 Å². The Balaban J connectivity index is 2.02. The van der Waals surface area contributed by atoms with Crippen LogP contribution in [0, 0.1) is 5.41 Å². The molecule has 0 bridgehead atoms. The largest absolute Gasteiger partial charge is 0.480 e. The summed E-state index contributed by atoms with van der Waals surface area (Å²) < 4.78 is 34.9. The minimum Gasteiger partial charge on any atom is -0.480 e. The second-order valence-corrected chi connectivity index (χ2v) is 15.4. The fraction of sp³-hybridized carbons (Fsp3) is 0.455. The van der Waals surface area contributed by atoms with Gasteiger partial charge in [0, 0.05) is 6.20 Å². The van der Waals surface area contributed by atoms with Crippen molar-refractivity contribution in [3.8, 4) is 0 Å². The number of hydrogen-bond donors (Lipinski definition) is 2. The third-order valence-electron chi connectivity index (χ3n) is 6.65. The van der Waals surface area contributed by atoms with E-state index < -0.39 is 40.3 Å². The number of sulfonamides is 1. The van der Waals surface area contributed by atoms with Crippen LogP contribution in [-0.2, 0) is 31.4 Å². The van der Waals surface area contributed by atoms with Crippen LogP contribution in [0.25, 0.3) is 0 Å². The maximum Gasteiger partial charge on any atom is 0.416 e. The molecule has 3 aromatic rings. The van der Waals surface area contributed by atoms with Crippen LogP contribution in [0.2, 0.25) is 0 Å². The molecule has 0 aliphatic rings. The molecule has 0 saturated heterocycles. The number of ether oxygens (including phenoxy) is 1. The number of carboxylic acids is 1. The lowest BCUT2D eigenvalue weighted by Gasteiger charge is -2.33. The predicted octanol–water partition coefficient (Wildman–Crippen LogP) is 6.28. The Morgan fingerprint density at radius 3 is 2.14 bits per heavy atom. The van der Waals surface area contributed by atoms with Gasteiger partial charge in [0.25, 0.3) is 10.0 Å². The normalized spacial score (nSPS) is 13.3. The monoisotopic (exact) mass is 624 g/mol. The third kappa shape index (κ3) is 10.1. The van der Waals surface area contributed by atoms with E-state index in [0.717, 1.165) is 16.9 Å². The molecule has 2 heterocycles. The maximum atomic E-state index is 13.4. The lowest BCUT2D eigenvalue weighted by Crippen LogP contribution is -2.40. The highest BCUT2D eigenvalue weighted by Gasteiger charge is 2.30. The zero-order chi connectivity index (χ0) is 32.9. The van der Waals surface area contributed by atoms with Crippen molar-refractivity contribution in [1.82, 2.24) is 14.7 Å². The van der Waals surface area contributed by atoms with E-state index in [1.54, 1.807) is 45.0 Å². The molecule has 0 radical (unpaired) electrons. The maximum absolute atomic E-state index is 13.4. The quantitative estimate of drug-likeness (QED) is 0.254. The number of benzene rings is 1. The number of aromatic nitrogens is 2. The van der Waals surface area contributed by atoms with Gasteiger partial charge in [0.1, 0.15) is 18.0 Å². The molecule has 0 fully saturated rings. The number of nitrogens with one attached hydrogen (secondary N) is 1. The Morgan fingerprint density at radius 2 is 1.59 bits per heavy atom. The van der Waals surface area contributed by atoms with Gasteiger partial charge >= 0.3 is 12.1 Å². The van der Waals surface area contributed by atoms with Crippen molar-refractivity contribution < 1.29 is 27.9 Å². The smallest absolute Gasteiger partial charge is 0.416 e. The first kappa shape index (κ1) is 34.7. The number of rotatable bonds is 11. The van der Waals surface area contributed by atoms with Crippen LogP contribution in [0.5, 0.6) is 0 Å². The van der Waals surface area contributed by atoms with Crippen molar-refractivity contribution in [2.75, 3.05) is 11.4 Å². The van der Waals surface area contributed by atoms with Gasteiger partial charge in [0.05, 0.1) is 11.7 Å². The summed E-state index contributed by atoms with van der Waals surface area (Å²) in [4.78, 5) is 34.1. The summed E-state index contributed by atoms with van der Waals surface area (Å²) in [6, 6.07) is 16.5. The van der Waals surface area contributed by atoms with Crippen molar-refractivity contribution in [3.05, 3.63) is 83.7 Å². The van der Waals surface area contributed by atoms with E-state index in [2.05, 4.69) is 61.4 Å². The first-order valence-electron chi connectivity index (χ1n) is 14.5. The van der Waals surface area contributed by atoms with Gasteiger partial charge < -0.3 is 9.84 Å². The summed E-state index contributed by atoms with van der Waals surface area (Å²) in [7, 11) is -4.07. The number of anilines is 1. The lowest BCUT2D eigenvalue weighted by molar-refractivity contribution is -0.135. The van der Waals surface area contributed by atoms with Gasteiger partial charge in [0.15, 0.2) is 5.03 Å². The van der Waals surface area contributed by atoms with Crippen molar-refractivity contribution in [2.45, 2.75) is 90.3 Å². The Kier molecular flexibility index (Phi) is 10.6. The number of aliphatic carboxylic acids is 1. The van der Waals surface area contributed by atoms with Crippen molar-refractivity contribution in [3.63, 3.8) is 0 Å². The Bertz CT molecular complexity index is 1540. The fourth-order valence-electron chi connectivity index (χ4n) is 5.19.